The van der Waals surface area contributed by atoms with E-state index in [-0.39, 0.29) is 11.9 Å². The van der Waals surface area contributed by atoms with Gasteiger partial charge in [-0.05, 0) is 36.1 Å². The maximum atomic E-state index is 12.4. The molecule has 154 valence electrons. The summed E-state index contributed by atoms with van der Waals surface area (Å²) in [4.78, 5) is 20.0. The van der Waals surface area contributed by atoms with E-state index in [2.05, 4.69) is 28.7 Å². The third kappa shape index (κ3) is 4.52. The highest BCUT2D eigenvalue weighted by Crippen LogP contribution is 2.35. The summed E-state index contributed by atoms with van der Waals surface area (Å²) in [7, 11) is 0. The molecule has 5 nitrogen and oxygen atoms in total. The maximum absolute atomic E-state index is 12.4. The molecular formula is C25H26N2O3. The molecule has 30 heavy (non-hydrogen) atoms. The van der Waals surface area contributed by atoms with Crippen LogP contribution < -0.4 is 4.74 Å². The Kier molecular flexibility index (Phi) is 6.40. The lowest BCUT2D eigenvalue weighted by Gasteiger charge is -2.25. The van der Waals surface area contributed by atoms with E-state index in [0.29, 0.717) is 26.1 Å². The van der Waals surface area contributed by atoms with E-state index < -0.39 is 0 Å². The summed E-state index contributed by atoms with van der Waals surface area (Å²) in [5.41, 5.74) is 3.88. The Balaban J connectivity index is 1.69. The summed E-state index contributed by atoms with van der Waals surface area (Å²) < 4.78 is 12.3. The second-order valence-corrected chi connectivity index (χ2v) is 7.41. The molecule has 5 heteroatoms. The molecule has 0 bridgehead atoms. The van der Waals surface area contributed by atoms with Crippen molar-refractivity contribution in [1.29, 1.82) is 0 Å². The van der Waals surface area contributed by atoms with Crippen LogP contribution in [-0.2, 0) is 24.2 Å². The van der Waals surface area contributed by atoms with Gasteiger partial charge in [0.25, 0.3) is 0 Å². The minimum Gasteiger partial charge on any atom is -0.485 e. The van der Waals surface area contributed by atoms with E-state index in [1.165, 1.54) is 0 Å². The molecule has 3 aromatic rings. The first kappa shape index (κ1) is 20.1. The third-order valence-corrected chi connectivity index (χ3v) is 5.38. The number of Topliss-reactive ketones (excluding diaryl/α,β-unsaturated/α-hetero) is 1. The molecule has 0 saturated heterocycles. The summed E-state index contributed by atoms with van der Waals surface area (Å²) >= 11 is 0. The number of hydrogen-bond acceptors (Lipinski definition) is 4. The summed E-state index contributed by atoms with van der Waals surface area (Å²) in [5.74, 6) is 1.82. The Morgan fingerprint density at radius 1 is 1.17 bits per heavy atom. The molecular weight excluding hydrogens is 376 g/mol. The van der Waals surface area contributed by atoms with E-state index in [1.807, 2.05) is 36.5 Å². The summed E-state index contributed by atoms with van der Waals surface area (Å²) in [5, 5.41) is 0. The largest absolute Gasteiger partial charge is 0.485 e. The molecule has 1 heterocycles. The van der Waals surface area contributed by atoms with E-state index in [4.69, 9.17) is 9.47 Å². The number of carbonyl (C=O) groups is 1. The van der Waals surface area contributed by atoms with Crippen LogP contribution in [0.3, 0.4) is 0 Å². The minimum absolute atomic E-state index is 0.197. The zero-order valence-corrected chi connectivity index (χ0v) is 17.0. The fraction of sp³-hybridized carbons (Fsp3) is 0.280. The van der Waals surface area contributed by atoms with Crippen molar-refractivity contribution in [3.8, 4) is 5.75 Å². The molecule has 1 N–H and O–H groups in total. The molecule has 0 radical (unpaired) electrons. The van der Waals surface area contributed by atoms with Gasteiger partial charge in [0, 0.05) is 36.4 Å². The van der Waals surface area contributed by atoms with Crippen molar-refractivity contribution in [1.82, 2.24) is 9.97 Å². The number of aromatic amines is 1. The molecule has 1 aromatic heterocycles. The highest BCUT2D eigenvalue weighted by Gasteiger charge is 2.24. The van der Waals surface area contributed by atoms with Crippen LogP contribution in [0, 0.1) is 0 Å². The first-order valence-electron chi connectivity index (χ1n) is 10.3. The number of aromatic nitrogens is 2. The number of hydrogen-bond donors (Lipinski definition) is 1. The smallest absolute Gasteiger partial charge is 0.163 e. The average molecular weight is 402 g/mol. The number of benzene rings is 2. The lowest BCUT2D eigenvalue weighted by Crippen LogP contribution is -2.17. The first-order valence-corrected chi connectivity index (χ1v) is 10.3. The first-order chi connectivity index (χ1) is 14.8. The predicted molar refractivity (Wildman–Crippen MR) is 116 cm³/mol. The number of fused-ring (bicyclic) bond motifs is 1. The van der Waals surface area contributed by atoms with Crippen molar-refractivity contribution in [2.24, 2.45) is 0 Å². The van der Waals surface area contributed by atoms with Crippen LogP contribution in [-0.4, -0.2) is 22.4 Å². The van der Waals surface area contributed by atoms with E-state index in [9.17, 15) is 4.79 Å². The molecule has 0 fully saturated rings. The van der Waals surface area contributed by atoms with Crippen LogP contribution in [0.5, 0.6) is 5.75 Å². The number of ketones is 1. The quantitative estimate of drug-likeness (QED) is 0.404. The van der Waals surface area contributed by atoms with Crippen LogP contribution in [0.2, 0.25) is 0 Å². The number of H-pyrrole nitrogens is 1. The summed E-state index contributed by atoms with van der Waals surface area (Å²) in [6, 6.07) is 13.9. The Labute approximate surface area is 176 Å². The highest BCUT2D eigenvalue weighted by molar-refractivity contribution is 5.99. The van der Waals surface area contributed by atoms with Crippen molar-refractivity contribution in [3.05, 3.63) is 95.6 Å². The van der Waals surface area contributed by atoms with Crippen molar-refractivity contribution in [2.45, 2.75) is 38.4 Å². The third-order valence-electron chi connectivity index (χ3n) is 5.38. The molecule has 2 aromatic carbocycles. The molecule has 1 aliphatic rings. The topological polar surface area (TPSA) is 64.2 Å². The zero-order valence-electron chi connectivity index (χ0n) is 17.0. The Morgan fingerprint density at radius 3 is 2.80 bits per heavy atom. The number of rotatable bonds is 9. The summed E-state index contributed by atoms with van der Waals surface area (Å²) in [6.45, 7) is 4.56. The molecule has 0 unspecified atom stereocenters. The Bertz CT molecular complexity index is 997. The number of nitrogens with one attached hydrogen (secondary N) is 1. The lowest BCUT2D eigenvalue weighted by atomic mass is 9.87. The van der Waals surface area contributed by atoms with Gasteiger partial charge in [0.1, 0.15) is 17.7 Å². The van der Waals surface area contributed by atoms with Crippen molar-refractivity contribution < 1.29 is 14.3 Å². The van der Waals surface area contributed by atoms with Crippen LogP contribution >= 0.6 is 0 Å². The fourth-order valence-electron chi connectivity index (χ4n) is 3.93. The maximum Gasteiger partial charge on any atom is 0.163 e. The van der Waals surface area contributed by atoms with Crippen LogP contribution in [0.1, 0.15) is 51.8 Å². The van der Waals surface area contributed by atoms with Gasteiger partial charge in [0.15, 0.2) is 5.78 Å². The number of ether oxygens (including phenoxy) is 2. The van der Waals surface area contributed by atoms with Gasteiger partial charge < -0.3 is 14.5 Å². The van der Waals surface area contributed by atoms with E-state index in [1.54, 1.807) is 12.3 Å². The predicted octanol–water partition coefficient (Wildman–Crippen LogP) is 4.99. The van der Waals surface area contributed by atoms with Gasteiger partial charge in [0.2, 0.25) is 0 Å². The van der Waals surface area contributed by atoms with Gasteiger partial charge in [-0.2, -0.15) is 0 Å². The molecule has 4 rings (SSSR count). The number of imidazole rings is 1. The highest BCUT2D eigenvalue weighted by atomic mass is 16.5. The summed E-state index contributed by atoms with van der Waals surface area (Å²) in [6.07, 6.45) is 8.01. The fourth-order valence-corrected chi connectivity index (χ4v) is 3.93. The monoisotopic (exact) mass is 402 g/mol. The van der Waals surface area contributed by atoms with Gasteiger partial charge in [0.05, 0.1) is 13.2 Å². The van der Waals surface area contributed by atoms with E-state index >= 15 is 0 Å². The molecule has 0 aliphatic heterocycles. The molecule has 0 saturated carbocycles. The van der Waals surface area contributed by atoms with Crippen molar-refractivity contribution in [2.75, 3.05) is 6.61 Å². The van der Waals surface area contributed by atoms with E-state index in [0.717, 1.165) is 46.7 Å². The van der Waals surface area contributed by atoms with Gasteiger partial charge >= 0.3 is 0 Å². The Hall–Kier alpha value is -3.18. The van der Waals surface area contributed by atoms with Gasteiger partial charge in [-0.15, -0.1) is 6.58 Å². The van der Waals surface area contributed by atoms with Crippen LogP contribution in [0.25, 0.3) is 0 Å². The second kappa shape index (κ2) is 9.55. The Morgan fingerprint density at radius 2 is 2.03 bits per heavy atom. The molecule has 1 aliphatic carbocycles. The van der Waals surface area contributed by atoms with Gasteiger partial charge in [-0.1, -0.05) is 36.4 Å². The van der Waals surface area contributed by atoms with Crippen LogP contribution in [0.15, 0.2) is 67.5 Å². The average Bonchev–Trinajstić information content (AvgIpc) is 3.28. The van der Waals surface area contributed by atoms with Gasteiger partial charge in [-0.3, -0.25) is 4.79 Å². The number of nitrogens with zero attached hydrogens (tertiary/aromatic N) is 1. The lowest BCUT2D eigenvalue weighted by molar-refractivity contribution is 0.0970. The minimum atomic E-state index is -0.215. The normalized spacial score (nSPS) is 14.2. The van der Waals surface area contributed by atoms with Crippen molar-refractivity contribution >= 4 is 5.78 Å². The SMILES string of the molecule is C=CCOCc1c(O[C@@H](Cc2ncc[nH]2)c2ccccc2)ccc2c1CCCC2=O. The molecule has 1 atom stereocenters. The van der Waals surface area contributed by atoms with Gasteiger partial charge in [-0.25, -0.2) is 4.98 Å². The zero-order chi connectivity index (χ0) is 20.8. The second-order valence-electron chi connectivity index (χ2n) is 7.41. The van der Waals surface area contributed by atoms with Crippen molar-refractivity contribution in [3.63, 3.8) is 0 Å². The van der Waals surface area contributed by atoms with Crippen LogP contribution in [0.4, 0.5) is 0 Å². The molecule has 0 spiro atoms. The standard InChI is InChI=1S/C25H26N2O3/c1-2-15-29-17-21-19-9-6-10-22(28)20(19)11-12-23(21)30-24(16-25-26-13-14-27-25)18-7-4-3-5-8-18/h2-5,7-8,11-14,24H,1,6,9-10,15-17H2,(H,26,27)/t24-/m0/s1. The number of carbonyl (C=O) groups excluding carboxylic acids is 1. The molecule has 0 amide bonds.